The molecule has 38 heavy (non-hydrogen) atoms. The van der Waals surface area contributed by atoms with Crippen LogP contribution in [0.4, 0.5) is 5.69 Å². The van der Waals surface area contributed by atoms with E-state index in [0.29, 0.717) is 22.2 Å². The van der Waals surface area contributed by atoms with Crippen molar-refractivity contribution in [2.75, 3.05) is 5.32 Å². The van der Waals surface area contributed by atoms with E-state index in [1.807, 2.05) is 78.2 Å². The number of amides is 1. The topological polar surface area (TPSA) is 86.1 Å². The molecule has 0 saturated carbocycles. The molecule has 1 aromatic heterocycles. The standard InChI is InChI=1S/C30H26N4O3S/c1-20(35)22-12-15-25(16-13-22)31-29(36)21(2)38-30-33-32-28(34(30)26-10-4-3-5-11-26)19-37-27-17-14-23-8-6-7-9-24(23)18-27/h3-18,21H,19H2,1-2H3,(H,31,36)/t21-/m1/s1. The lowest BCUT2D eigenvalue weighted by Crippen LogP contribution is -2.23. The van der Waals surface area contributed by atoms with Crippen LogP contribution in [0, 0.1) is 0 Å². The second-order valence-electron chi connectivity index (χ2n) is 8.75. The van der Waals surface area contributed by atoms with Gasteiger partial charge in [-0.25, -0.2) is 0 Å². The maximum Gasteiger partial charge on any atom is 0.237 e. The van der Waals surface area contributed by atoms with E-state index in [4.69, 9.17) is 4.74 Å². The summed E-state index contributed by atoms with van der Waals surface area (Å²) in [4.78, 5) is 24.4. The zero-order chi connectivity index (χ0) is 26.5. The van der Waals surface area contributed by atoms with Crippen molar-refractivity contribution in [1.29, 1.82) is 0 Å². The van der Waals surface area contributed by atoms with Gasteiger partial charge in [0, 0.05) is 16.9 Å². The predicted octanol–water partition coefficient (Wildman–Crippen LogP) is 6.32. The number of nitrogens with zero attached hydrogens (tertiary/aromatic N) is 3. The van der Waals surface area contributed by atoms with Crippen LogP contribution >= 0.6 is 11.8 Å². The molecule has 0 aliphatic carbocycles. The van der Waals surface area contributed by atoms with Crippen LogP contribution in [-0.2, 0) is 11.4 Å². The Hall–Kier alpha value is -4.43. The highest BCUT2D eigenvalue weighted by Crippen LogP contribution is 2.28. The quantitative estimate of drug-likeness (QED) is 0.180. The average Bonchev–Trinajstić information content (AvgIpc) is 3.34. The predicted molar refractivity (Wildman–Crippen MR) is 150 cm³/mol. The molecule has 1 N–H and O–H groups in total. The Morgan fingerprint density at radius 3 is 2.34 bits per heavy atom. The third-order valence-corrected chi connectivity index (χ3v) is 7.06. The van der Waals surface area contributed by atoms with Crippen LogP contribution < -0.4 is 10.1 Å². The number of thioether (sulfide) groups is 1. The van der Waals surface area contributed by atoms with Crippen molar-refractivity contribution in [3.05, 3.63) is 108 Å². The minimum Gasteiger partial charge on any atom is -0.486 e. The van der Waals surface area contributed by atoms with Gasteiger partial charge in [-0.2, -0.15) is 0 Å². The van der Waals surface area contributed by atoms with Crippen LogP contribution in [0.1, 0.15) is 30.0 Å². The third kappa shape index (κ3) is 5.76. The number of hydrogen-bond acceptors (Lipinski definition) is 6. The summed E-state index contributed by atoms with van der Waals surface area (Å²) in [5.41, 5.74) is 2.10. The van der Waals surface area contributed by atoms with E-state index >= 15 is 0 Å². The maximum absolute atomic E-state index is 12.9. The summed E-state index contributed by atoms with van der Waals surface area (Å²) in [6, 6.07) is 30.7. The van der Waals surface area contributed by atoms with E-state index in [-0.39, 0.29) is 18.3 Å². The number of para-hydroxylation sites is 1. The number of rotatable bonds is 9. The highest BCUT2D eigenvalue weighted by Gasteiger charge is 2.22. The molecule has 8 heteroatoms. The third-order valence-electron chi connectivity index (χ3n) is 6.01. The molecule has 0 unspecified atom stereocenters. The van der Waals surface area contributed by atoms with Crippen molar-refractivity contribution >= 4 is 39.9 Å². The summed E-state index contributed by atoms with van der Waals surface area (Å²) < 4.78 is 8.01. The second-order valence-corrected chi connectivity index (χ2v) is 10.1. The van der Waals surface area contributed by atoms with Crippen LogP contribution in [-0.4, -0.2) is 31.7 Å². The molecule has 7 nitrogen and oxygen atoms in total. The number of ketones is 1. The van der Waals surface area contributed by atoms with Gasteiger partial charge in [0.25, 0.3) is 0 Å². The first-order valence-electron chi connectivity index (χ1n) is 12.2. The van der Waals surface area contributed by atoms with E-state index < -0.39 is 5.25 Å². The normalized spacial score (nSPS) is 11.7. The van der Waals surface area contributed by atoms with Crippen molar-refractivity contribution in [3.63, 3.8) is 0 Å². The number of nitrogens with one attached hydrogen (secondary N) is 1. The van der Waals surface area contributed by atoms with Crippen molar-refractivity contribution in [1.82, 2.24) is 14.8 Å². The van der Waals surface area contributed by atoms with Crippen LogP contribution in [0.25, 0.3) is 16.5 Å². The number of anilines is 1. The van der Waals surface area contributed by atoms with E-state index in [0.717, 1.165) is 22.2 Å². The van der Waals surface area contributed by atoms with Crippen LogP contribution in [0.5, 0.6) is 5.75 Å². The lowest BCUT2D eigenvalue weighted by atomic mass is 10.1. The van der Waals surface area contributed by atoms with Gasteiger partial charge in [-0.3, -0.25) is 14.2 Å². The smallest absolute Gasteiger partial charge is 0.237 e. The van der Waals surface area contributed by atoms with Gasteiger partial charge in [0.1, 0.15) is 12.4 Å². The van der Waals surface area contributed by atoms with Gasteiger partial charge in [-0.15, -0.1) is 10.2 Å². The number of ether oxygens (including phenoxy) is 1. The first-order valence-corrected chi connectivity index (χ1v) is 13.1. The van der Waals surface area contributed by atoms with Gasteiger partial charge in [0.05, 0.1) is 5.25 Å². The molecule has 0 aliphatic rings. The van der Waals surface area contributed by atoms with Gasteiger partial charge in [-0.05, 0) is 73.2 Å². The number of hydrogen-bond donors (Lipinski definition) is 1. The van der Waals surface area contributed by atoms with E-state index in [1.165, 1.54) is 18.7 Å². The average molecular weight is 523 g/mol. The Labute approximate surface area is 224 Å². The van der Waals surface area contributed by atoms with Crippen LogP contribution in [0.15, 0.2) is 102 Å². The van der Waals surface area contributed by atoms with E-state index in [2.05, 4.69) is 21.6 Å². The fourth-order valence-electron chi connectivity index (χ4n) is 3.96. The van der Waals surface area contributed by atoms with Crippen LogP contribution in [0.2, 0.25) is 0 Å². The summed E-state index contributed by atoms with van der Waals surface area (Å²) in [7, 11) is 0. The van der Waals surface area contributed by atoms with Crippen molar-refractivity contribution in [3.8, 4) is 11.4 Å². The summed E-state index contributed by atoms with van der Waals surface area (Å²) in [5.74, 6) is 1.16. The molecule has 190 valence electrons. The minimum atomic E-state index is -0.455. The second kappa shape index (κ2) is 11.3. The lowest BCUT2D eigenvalue weighted by Gasteiger charge is -2.14. The fraction of sp³-hybridized carbons (Fsp3) is 0.133. The molecular weight excluding hydrogens is 496 g/mol. The van der Waals surface area contributed by atoms with Gasteiger partial charge in [0.2, 0.25) is 5.91 Å². The Bertz CT molecular complexity index is 1580. The SMILES string of the molecule is CC(=O)c1ccc(NC(=O)[C@@H](C)Sc2nnc(COc3ccc4ccccc4c3)n2-c2ccccc2)cc1. The van der Waals surface area contributed by atoms with Gasteiger partial charge in [-0.1, -0.05) is 60.3 Å². The highest BCUT2D eigenvalue weighted by atomic mass is 32.2. The van der Waals surface area contributed by atoms with Gasteiger partial charge < -0.3 is 10.1 Å². The van der Waals surface area contributed by atoms with E-state index in [9.17, 15) is 9.59 Å². The molecule has 1 heterocycles. The number of fused-ring (bicyclic) bond motifs is 1. The van der Waals surface area contributed by atoms with Crippen molar-refractivity contribution < 1.29 is 14.3 Å². The number of carbonyl (C=O) groups is 2. The molecule has 0 bridgehead atoms. The first kappa shape index (κ1) is 25.2. The zero-order valence-corrected chi connectivity index (χ0v) is 21.8. The molecule has 0 fully saturated rings. The Balaban J connectivity index is 1.33. The monoisotopic (exact) mass is 522 g/mol. The Morgan fingerprint density at radius 2 is 1.61 bits per heavy atom. The Morgan fingerprint density at radius 1 is 0.895 bits per heavy atom. The minimum absolute atomic E-state index is 0.0209. The first-order chi connectivity index (χ1) is 18.5. The lowest BCUT2D eigenvalue weighted by molar-refractivity contribution is -0.115. The summed E-state index contributed by atoms with van der Waals surface area (Å²) in [6.07, 6.45) is 0. The Kier molecular flexibility index (Phi) is 7.51. The molecule has 1 amide bonds. The van der Waals surface area contributed by atoms with Crippen molar-refractivity contribution in [2.45, 2.75) is 30.9 Å². The molecule has 4 aromatic carbocycles. The van der Waals surface area contributed by atoms with Crippen molar-refractivity contribution in [2.24, 2.45) is 0 Å². The summed E-state index contributed by atoms with van der Waals surface area (Å²) >= 11 is 1.31. The molecule has 1 atom stereocenters. The number of benzene rings is 4. The van der Waals surface area contributed by atoms with E-state index in [1.54, 1.807) is 24.3 Å². The molecule has 0 saturated heterocycles. The summed E-state index contributed by atoms with van der Waals surface area (Å²) in [6.45, 7) is 3.54. The highest BCUT2D eigenvalue weighted by molar-refractivity contribution is 8.00. The number of Topliss-reactive ketones (excluding diaryl/α,β-unsaturated/α-hetero) is 1. The fourth-order valence-corrected chi connectivity index (χ4v) is 4.84. The van der Waals surface area contributed by atoms with Crippen LogP contribution in [0.3, 0.4) is 0 Å². The molecule has 0 spiro atoms. The number of carbonyl (C=O) groups excluding carboxylic acids is 2. The molecular formula is C30H26N4O3S. The molecule has 0 radical (unpaired) electrons. The summed E-state index contributed by atoms with van der Waals surface area (Å²) in [5, 5.41) is 14.1. The zero-order valence-electron chi connectivity index (χ0n) is 21.0. The van der Waals surface area contributed by atoms with Gasteiger partial charge >= 0.3 is 0 Å². The maximum atomic E-state index is 12.9. The molecule has 0 aliphatic heterocycles. The molecule has 5 aromatic rings. The van der Waals surface area contributed by atoms with Gasteiger partial charge in [0.15, 0.2) is 16.8 Å². The number of aromatic nitrogens is 3. The largest absolute Gasteiger partial charge is 0.486 e. The molecule has 5 rings (SSSR count).